The second kappa shape index (κ2) is 4.37. The van der Waals surface area contributed by atoms with E-state index in [0.717, 1.165) is 5.39 Å². The Morgan fingerprint density at radius 3 is 2.94 bits per heavy atom. The quantitative estimate of drug-likeness (QED) is 0.820. The number of benzene rings is 1. The van der Waals surface area contributed by atoms with E-state index in [-0.39, 0.29) is 11.9 Å². The van der Waals surface area contributed by atoms with Crippen LogP contribution in [0.4, 0.5) is 0 Å². The molecule has 2 rings (SSSR count). The average molecular weight is 218 g/mol. The molecule has 2 aromatic rings. The third-order valence-electron chi connectivity index (χ3n) is 2.38. The average Bonchev–Trinajstić information content (AvgIpc) is 2.72. The number of nitrogens with two attached hydrogens (primary N) is 1. The molecule has 0 aliphatic rings. The molecule has 0 aliphatic carbocycles. The molecule has 4 nitrogen and oxygen atoms in total. The zero-order chi connectivity index (χ0) is 11.5. The molecule has 0 aliphatic heterocycles. The largest absolute Gasteiger partial charge is 0.451 e. The van der Waals surface area contributed by atoms with Crippen molar-refractivity contribution < 1.29 is 9.21 Å². The summed E-state index contributed by atoms with van der Waals surface area (Å²) in [6, 6.07) is 9.19. The zero-order valence-electron chi connectivity index (χ0n) is 9.07. The highest BCUT2D eigenvalue weighted by Crippen LogP contribution is 2.18. The Balaban J connectivity index is 2.23. The number of nitrogens with one attached hydrogen (secondary N) is 1. The van der Waals surface area contributed by atoms with Crippen molar-refractivity contribution in [2.24, 2.45) is 5.73 Å². The monoisotopic (exact) mass is 218 g/mol. The number of hydrogen-bond donors (Lipinski definition) is 2. The Kier molecular flexibility index (Phi) is 2.92. The molecule has 0 fully saturated rings. The van der Waals surface area contributed by atoms with Gasteiger partial charge < -0.3 is 15.5 Å². The SMILES string of the molecule is CC(CN)NC(=O)c1cc2ccccc2o1. The topological polar surface area (TPSA) is 68.3 Å². The van der Waals surface area contributed by atoms with E-state index in [1.807, 2.05) is 31.2 Å². The van der Waals surface area contributed by atoms with E-state index in [4.69, 9.17) is 10.2 Å². The van der Waals surface area contributed by atoms with Crippen molar-refractivity contribution in [2.75, 3.05) is 6.54 Å². The molecular weight excluding hydrogens is 204 g/mol. The van der Waals surface area contributed by atoms with E-state index < -0.39 is 0 Å². The van der Waals surface area contributed by atoms with Gasteiger partial charge in [-0.05, 0) is 19.1 Å². The van der Waals surface area contributed by atoms with Crippen LogP contribution in [0.5, 0.6) is 0 Å². The smallest absolute Gasteiger partial charge is 0.287 e. The molecular formula is C12H14N2O2. The van der Waals surface area contributed by atoms with Gasteiger partial charge in [-0.15, -0.1) is 0 Å². The molecule has 1 heterocycles. The van der Waals surface area contributed by atoms with Crippen molar-refractivity contribution in [3.63, 3.8) is 0 Å². The van der Waals surface area contributed by atoms with Crippen LogP contribution in [-0.4, -0.2) is 18.5 Å². The lowest BCUT2D eigenvalue weighted by Crippen LogP contribution is -2.37. The van der Waals surface area contributed by atoms with E-state index in [1.54, 1.807) is 6.07 Å². The summed E-state index contributed by atoms with van der Waals surface area (Å²) in [6.07, 6.45) is 0. The molecule has 84 valence electrons. The lowest BCUT2D eigenvalue weighted by molar-refractivity contribution is 0.0915. The number of fused-ring (bicyclic) bond motifs is 1. The number of furan rings is 1. The molecule has 0 saturated heterocycles. The molecule has 0 radical (unpaired) electrons. The van der Waals surface area contributed by atoms with Crippen molar-refractivity contribution in [3.05, 3.63) is 36.1 Å². The van der Waals surface area contributed by atoms with E-state index in [1.165, 1.54) is 0 Å². The second-order valence-electron chi connectivity index (χ2n) is 3.76. The highest BCUT2D eigenvalue weighted by molar-refractivity contribution is 5.96. The molecule has 0 saturated carbocycles. The van der Waals surface area contributed by atoms with Crippen LogP contribution in [0.25, 0.3) is 11.0 Å². The van der Waals surface area contributed by atoms with Gasteiger partial charge in [-0.3, -0.25) is 4.79 Å². The standard InChI is InChI=1S/C12H14N2O2/c1-8(7-13)14-12(15)11-6-9-4-2-3-5-10(9)16-11/h2-6,8H,7,13H2,1H3,(H,14,15). The Bertz CT molecular complexity index is 471. The van der Waals surface area contributed by atoms with Gasteiger partial charge in [-0.1, -0.05) is 18.2 Å². The third kappa shape index (κ3) is 2.06. The van der Waals surface area contributed by atoms with E-state index in [2.05, 4.69) is 5.32 Å². The normalized spacial score (nSPS) is 12.6. The molecule has 1 unspecified atom stereocenters. The molecule has 16 heavy (non-hydrogen) atoms. The van der Waals surface area contributed by atoms with Crippen LogP contribution in [0.15, 0.2) is 34.7 Å². The zero-order valence-corrected chi connectivity index (χ0v) is 9.07. The molecule has 1 atom stereocenters. The molecule has 3 N–H and O–H groups in total. The van der Waals surface area contributed by atoms with Crippen LogP contribution >= 0.6 is 0 Å². The van der Waals surface area contributed by atoms with Crippen LogP contribution in [-0.2, 0) is 0 Å². The molecule has 1 aromatic heterocycles. The molecule has 0 bridgehead atoms. The number of carbonyl (C=O) groups is 1. The third-order valence-corrected chi connectivity index (χ3v) is 2.38. The number of para-hydroxylation sites is 1. The predicted molar refractivity (Wildman–Crippen MR) is 62.2 cm³/mol. The van der Waals surface area contributed by atoms with E-state index >= 15 is 0 Å². The van der Waals surface area contributed by atoms with Gasteiger partial charge in [-0.25, -0.2) is 0 Å². The van der Waals surface area contributed by atoms with Crippen molar-refractivity contribution in [2.45, 2.75) is 13.0 Å². The van der Waals surface area contributed by atoms with Gasteiger partial charge in [0.2, 0.25) is 0 Å². The summed E-state index contributed by atoms with van der Waals surface area (Å²) < 4.78 is 5.42. The minimum Gasteiger partial charge on any atom is -0.451 e. The van der Waals surface area contributed by atoms with Gasteiger partial charge in [0.25, 0.3) is 5.91 Å². The summed E-state index contributed by atoms with van der Waals surface area (Å²) >= 11 is 0. The fourth-order valence-corrected chi connectivity index (χ4v) is 1.45. The highest BCUT2D eigenvalue weighted by Gasteiger charge is 2.13. The first-order valence-corrected chi connectivity index (χ1v) is 5.20. The Morgan fingerprint density at radius 1 is 1.50 bits per heavy atom. The van der Waals surface area contributed by atoms with Crippen LogP contribution in [0, 0.1) is 0 Å². The summed E-state index contributed by atoms with van der Waals surface area (Å²) in [4.78, 5) is 11.7. The minimum absolute atomic E-state index is 0.0549. The van der Waals surface area contributed by atoms with Crippen LogP contribution in [0.1, 0.15) is 17.5 Å². The van der Waals surface area contributed by atoms with Gasteiger partial charge >= 0.3 is 0 Å². The first-order chi connectivity index (χ1) is 7.70. The lowest BCUT2D eigenvalue weighted by atomic mass is 10.2. The predicted octanol–water partition coefficient (Wildman–Crippen LogP) is 1.51. The maximum absolute atomic E-state index is 11.7. The number of amides is 1. The van der Waals surface area contributed by atoms with Gasteiger partial charge in [-0.2, -0.15) is 0 Å². The van der Waals surface area contributed by atoms with Gasteiger partial charge in [0.05, 0.1) is 0 Å². The van der Waals surface area contributed by atoms with Gasteiger partial charge in [0.15, 0.2) is 5.76 Å². The van der Waals surface area contributed by atoms with Gasteiger partial charge in [0, 0.05) is 18.0 Å². The second-order valence-corrected chi connectivity index (χ2v) is 3.76. The molecule has 1 aromatic carbocycles. The van der Waals surface area contributed by atoms with Crippen molar-refractivity contribution in [1.82, 2.24) is 5.32 Å². The van der Waals surface area contributed by atoms with Crippen molar-refractivity contribution in [3.8, 4) is 0 Å². The summed E-state index contributed by atoms with van der Waals surface area (Å²) in [5, 5.41) is 3.67. The summed E-state index contributed by atoms with van der Waals surface area (Å²) in [6.45, 7) is 2.26. The molecule has 4 heteroatoms. The van der Waals surface area contributed by atoms with Crippen molar-refractivity contribution in [1.29, 1.82) is 0 Å². The number of rotatable bonds is 3. The maximum Gasteiger partial charge on any atom is 0.287 e. The van der Waals surface area contributed by atoms with Crippen LogP contribution in [0.2, 0.25) is 0 Å². The summed E-state index contributed by atoms with van der Waals surface area (Å²) in [5.41, 5.74) is 6.14. The first-order valence-electron chi connectivity index (χ1n) is 5.20. The number of hydrogen-bond acceptors (Lipinski definition) is 3. The van der Waals surface area contributed by atoms with Crippen LogP contribution < -0.4 is 11.1 Å². The summed E-state index contributed by atoms with van der Waals surface area (Å²) in [7, 11) is 0. The fourth-order valence-electron chi connectivity index (χ4n) is 1.45. The van der Waals surface area contributed by atoms with E-state index in [9.17, 15) is 4.79 Å². The van der Waals surface area contributed by atoms with E-state index in [0.29, 0.717) is 17.9 Å². The first kappa shape index (κ1) is 10.7. The minimum atomic E-state index is -0.228. The Hall–Kier alpha value is -1.81. The maximum atomic E-state index is 11.7. The highest BCUT2D eigenvalue weighted by atomic mass is 16.3. The van der Waals surface area contributed by atoms with Crippen LogP contribution in [0.3, 0.4) is 0 Å². The van der Waals surface area contributed by atoms with Crippen molar-refractivity contribution >= 4 is 16.9 Å². The fraction of sp³-hybridized carbons (Fsp3) is 0.250. The lowest BCUT2D eigenvalue weighted by Gasteiger charge is -2.08. The Morgan fingerprint density at radius 2 is 2.25 bits per heavy atom. The Labute approximate surface area is 93.4 Å². The summed E-state index contributed by atoms with van der Waals surface area (Å²) in [5.74, 6) is 0.0932. The molecule has 0 spiro atoms. The molecule has 1 amide bonds. The number of carbonyl (C=O) groups excluding carboxylic acids is 1. The van der Waals surface area contributed by atoms with Gasteiger partial charge in [0.1, 0.15) is 5.58 Å².